The number of carbonyl (C=O) groups excluding carboxylic acids is 1. The highest BCUT2D eigenvalue weighted by Gasteiger charge is 2.43. The van der Waals surface area contributed by atoms with E-state index in [-0.39, 0.29) is 5.97 Å². The zero-order valence-corrected chi connectivity index (χ0v) is 21.9. The maximum atomic E-state index is 13.7. The Balaban J connectivity index is 1.71. The van der Waals surface area contributed by atoms with Gasteiger partial charge in [0.1, 0.15) is 11.8 Å². The Morgan fingerprint density at radius 1 is 0.829 bits per heavy atom. The van der Waals surface area contributed by atoms with E-state index < -0.39 is 5.41 Å². The molecule has 0 amide bonds. The van der Waals surface area contributed by atoms with Crippen molar-refractivity contribution in [2.45, 2.75) is 116 Å². The summed E-state index contributed by atoms with van der Waals surface area (Å²) in [7, 11) is 0. The molecule has 1 aliphatic rings. The van der Waals surface area contributed by atoms with Gasteiger partial charge in [-0.15, -0.1) is 0 Å². The molecule has 3 heteroatoms. The molecule has 0 radical (unpaired) electrons. The van der Waals surface area contributed by atoms with Crippen molar-refractivity contribution >= 4 is 5.97 Å². The van der Waals surface area contributed by atoms with Crippen LogP contribution in [0.5, 0.6) is 5.75 Å². The third-order valence-corrected chi connectivity index (χ3v) is 7.61. The fourth-order valence-electron chi connectivity index (χ4n) is 5.35. The van der Waals surface area contributed by atoms with Crippen LogP contribution in [0.2, 0.25) is 0 Å². The van der Waals surface area contributed by atoms with Crippen molar-refractivity contribution in [2.75, 3.05) is 0 Å². The third-order valence-electron chi connectivity index (χ3n) is 7.61. The van der Waals surface area contributed by atoms with Crippen LogP contribution in [-0.2, 0) is 23.1 Å². The van der Waals surface area contributed by atoms with Gasteiger partial charge in [0.25, 0.3) is 0 Å². The van der Waals surface area contributed by atoms with Crippen molar-refractivity contribution in [3.05, 3.63) is 64.7 Å². The molecule has 3 nitrogen and oxygen atoms in total. The minimum Gasteiger partial charge on any atom is -0.424 e. The van der Waals surface area contributed by atoms with Crippen LogP contribution in [0.25, 0.3) is 0 Å². The summed E-state index contributed by atoms with van der Waals surface area (Å²) in [5.74, 6) is 0.182. The Morgan fingerprint density at radius 2 is 1.46 bits per heavy atom. The molecular weight excluding hydrogens is 430 g/mol. The Hall–Kier alpha value is -2.60. The second-order valence-corrected chi connectivity index (χ2v) is 10.3. The van der Waals surface area contributed by atoms with Crippen molar-refractivity contribution in [3.8, 4) is 11.8 Å². The first kappa shape index (κ1) is 27.0. The van der Waals surface area contributed by atoms with E-state index in [1.54, 1.807) is 0 Å². The van der Waals surface area contributed by atoms with Gasteiger partial charge in [-0.1, -0.05) is 102 Å². The minimum atomic E-state index is -0.620. The highest BCUT2D eigenvalue weighted by Crippen LogP contribution is 2.41. The summed E-state index contributed by atoms with van der Waals surface area (Å²) in [5.41, 5.74) is 3.36. The summed E-state index contributed by atoms with van der Waals surface area (Å²) in [6.07, 6.45) is 16.8. The zero-order valence-electron chi connectivity index (χ0n) is 21.9. The van der Waals surface area contributed by atoms with Gasteiger partial charge in [-0.2, -0.15) is 5.26 Å². The first-order chi connectivity index (χ1) is 17.1. The molecule has 2 aromatic carbocycles. The smallest absolute Gasteiger partial charge is 0.321 e. The number of hydrogen-bond donors (Lipinski definition) is 0. The molecule has 0 saturated heterocycles. The molecule has 2 aromatic rings. The average molecular weight is 474 g/mol. The fraction of sp³-hybridized carbons (Fsp3) is 0.562. The van der Waals surface area contributed by atoms with E-state index in [2.05, 4.69) is 44.2 Å². The molecule has 35 heavy (non-hydrogen) atoms. The van der Waals surface area contributed by atoms with Gasteiger partial charge in [-0.05, 0) is 67.3 Å². The molecule has 1 aliphatic carbocycles. The van der Waals surface area contributed by atoms with Gasteiger partial charge in [0.05, 0.1) is 11.0 Å². The summed E-state index contributed by atoms with van der Waals surface area (Å²) in [6.45, 7) is 4.41. The van der Waals surface area contributed by atoms with Crippen molar-refractivity contribution in [2.24, 2.45) is 0 Å². The van der Waals surface area contributed by atoms with Crippen LogP contribution in [0.3, 0.4) is 0 Å². The second-order valence-electron chi connectivity index (χ2n) is 10.3. The molecule has 0 aromatic heterocycles. The van der Waals surface area contributed by atoms with Gasteiger partial charge in [-0.3, -0.25) is 4.79 Å². The Kier molecular flexibility index (Phi) is 10.9. The van der Waals surface area contributed by atoms with Crippen molar-refractivity contribution in [1.82, 2.24) is 0 Å². The molecule has 188 valence electrons. The van der Waals surface area contributed by atoms with Gasteiger partial charge in [-0.25, -0.2) is 0 Å². The summed E-state index contributed by atoms with van der Waals surface area (Å²) in [4.78, 5) is 13.7. The molecule has 0 aliphatic heterocycles. The maximum Gasteiger partial charge on any atom is 0.321 e. The lowest BCUT2D eigenvalue weighted by Crippen LogP contribution is -2.41. The quantitative estimate of drug-likeness (QED) is 0.166. The monoisotopic (exact) mass is 473 g/mol. The molecule has 1 saturated carbocycles. The first-order valence-corrected chi connectivity index (χ1v) is 14.0. The lowest BCUT2D eigenvalue weighted by atomic mass is 9.69. The molecule has 0 N–H and O–H groups in total. The molecule has 0 unspecified atom stereocenters. The van der Waals surface area contributed by atoms with Crippen molar-refractivity contribution in [1.29, 1.82) is 5.26 Å². The molecular formula is C32H43NO2. The van der Waals surface area contributed by atoms with E-state index in [4.69, 9.17) is 4.74 Å². The number of esters is 1. The van der Waals surface area contributed by atoms with Crippen molar-refractivity contribution < 1.29 is 9.53 Å². The highest BCUT2D eigenvalue weighted by atomic mass is 16.5. The molecule has 1 fully saturated rings. The average Bonchev–Trinajstić information content (AvgIpc) is 2.90. The molecule has 0 heterocycles. The van der Waals surface area contributed by atoms with Crippen LogP contribution in [0.1, 0.15) is 120 Å². The lowest BCUT2D eigenvalue weighted by Gasteiger charge is -2.35. The van der Waals surface area contributed by atoms with E-state index in [0.29, 0.717) is 11.3 Å². The summed E-state index contributed by atoms with van der Waals surface area (Å²) in [5, 5.41) is 9.69. The molecule has 0 atom stereocenters. The topological polar surface area (TPSA) is 50.1 Å². The molecule has 3 rings (SSSR count). The molecule has 0 spiro atoms. The fourth-order valence-corrected chi connectivity index (χ4v) is 5.35. The van der Waals surface area contributed by atoms with Crippen LogP contribution in [0, 0.1) is 11.3 Å². The number of unbranched alkanes of at least 4 members (excludes halogenated alkanes) is 6. The number of nitrogens with zero attached hydrogens (tertiary/aromatic N) is 1. The van der Waals surface area contributed by atoms with Gasteiger partial charge in [0, 0.05) is 0 Å². The normalized spacial score (nSPS) is 14.9. The van der Waals surface area contributed by atoms with E-state index in [1.165, 1.54) is 44.1 Å². The standard InChI is InChI=1S/C32H43NO2/c1-3-5-7-8-9-11-15-26-16-19-29(20-17-26)32(22-12-10-13-23-32)31(34)35-30-21-18-27(14-6-4-2)24-28(30)25-33/h16-21,24H,3-15,22-23H2,1-2H3. The summed E-state index contributed by atoms with van der Waals surface area (Å²) < 4.78 is 5.97. The van der Waals surface area contributed by atoms with Crippen molar-refractivity contribution in [3.63, 3.8) is 0 Å². The maximum absolute atomic E-state index is 13.7. The number of aryl methyl sites for hydroxylation is 2. The predicted molar refractivity (Wildman–Crippen MR) is 144 cm³/mol. The van der Waals surface area contributed by atoms with Gasteiger partial charge >= 0.3 is 5.97 Å². The largest absolute Gasteiger partial charge is 0.424 e. The van der Waals surface area contributed by atoms with Gasteiger partial charge in [0.15, 0.2) is 0 Å². The van der Waals surface area contributed by atoms with Gasteiger partial charge < -0.3 is 4.74 Å². The van der Waals surface area contributed by atoms with E-state index in [0.717, 1.165) is 68.9 Å². The SMILES string of the molecule is CCCCCCCCc1ccc(C2(C(=O)Oc3ccc(CCCC)cc3C#N)CCCCC2)cc1. The summed E-state index contributed by atoms with van der Waals surface area (Å²) >= 11 is 0. The Labute approximate surface area is 212 Å². The van der Waals surface area contributed by atoms with E-state index >= 15 is 0 Å². The van der Waals surface area contributed by atoms with Crippen LogP contribution in [0.15, 0.2) is 42.5 Å². The minimum absolute atomic E-state index is 0.210. The Bertz CT molecular complexity index is 964. The summed E-state index contributed by atoms with van der Waals surface area (Å²) in [6, 6.07) is 16.6. The first-order valence-electron chi connectivity index (χ1n) is 14.0. The highest BCUT2D eigenvalue weighted by molar-refractivity contribution is 5.85. The number of hydrogen-bond acceptors (Lipinski definition) is 3. The second kappa shape index (κ2) is 14.1. The molecule has 0 bridgehead atoms. The Morgan fingerprint density at radius 3 is 2.14 bits per heavy atom. The van der Waals surface area contributed by atoms with Crippen LogP contribution >= 0.6 is 0 Å². The number of carbonyl (C=O) groups is 1. The number of rotatable bonds is 13. The third kappa shape index (κ3) is 7.44. The van der Waals surface area contributed by atoms with E-state index in [1.807, 2.05) is 18.2 Å². The predicted octanol–water partition coefficient (Wildman–Crippen LogP) is 8.61. The van der Waals surface area contributed by atoms with Gasteiger partial charge in [0.2, 0.25) is 0 Å². The van der Waals surface area contributed by atoms with Crippen LogP contribution in [0.4, 0.5) is 0 Å². The lowest BCUT2D eigenvalue weighted by molar-refractivity contribution is -0.142. The number of ether oxygens (including phenoxy) is 1. The van der Waals surface area contributed by atoms with Crippen LogP contribution < -0.4 is 4.74 Å². The van der Waals surface area contributed by atoms with Crippen LogP contribution in [-0.4, -0.2) is 5.97 Å². The zero-order chi connectivity index (χ0) is 24.9. The number of benzene rings is 2. The van der Waals surface area contributed by atoms with E-state index in [9.17, 15) is 10.1 Å². The number of nitriles is 1.